The highest BCUT2D eigenvalue weighted by molar-refractivity contribution is 7.98. The predicted octanol–water partition coefficient (Wildman–Crippen LogP) is 7.98. The van der Waals surface area contributed by atoms with Crippen molar-refractivity contribution in [1.29, 1.82) is 0 Å². The van der Waals surface area contributed by atoms with Crippen molar-refractivity contribution >= 4 is 57.6 Å². The summed E-state index contributed by atoms with van der Waals surface area (Å²) in [6, 6.07) is 22.0. The average Bonchev–Trinajstić information content (AvgIpc) is 4.10. The summed E-state index contributed by atoms with van der Waals surface area (Å²) in [5.74, 6) is 0.222. The fraction of sp³-hybridized carbons (Fsp3) is 0.417. The number of likely N-dealkylation sites (tertiary alicyclic amines) is 2. The Morgan fingerprint density at radius 1 is 0.677 bits per heavy atom. The quantitative estimate of drug-likeness (QED) is 0.0739. The Bertz CT molecular complexity index is 2730. The molecule has 2 aromatic carbocycles. The van der Waals surface area contributed by atoms with Gasteiger partial charge in [-0.05, 0) is 97.5 Å². The lowest BCUT2D eigenvalue weighted by molar-refractivity contribution is 0.0277. The second kappa shape index (κ2) is 19.7. The number of hydrogen-bond acceptors (Lipinski definition) is 12. The Balaban J connectivity index is 0.000000194. The van der Waals surface area contributed by atoms with Gasteiger partial charge in [-0.3, -0.25) is 13.8 Å². The number of thioether (sulfide) groups is 1. The lowest BCUT2D eigenvalue weighted by Gasteiger charge is -2.24. The molecule has 2 amide bonds. The summed E-state index contributed by atoms with van der Waals surface area (Å²) in [5.41, 5.74) is 3.59. The van der Waals surface area contributed by atoms with Crippen molar-refractivity contribution in [3.8, 4) is 0 Å². The van der Waals surface area contributed by atoms with Crippen LogP contribution < -0.4 is 0 Å². The molecule has 2 aliphatic rings. The van der Waals surface area contributed by atoms with Gasteiger partial charge >= 0.3 is 12.2 Å². The molecule has 8 rings (SSSR count). The Kier molecular flexibility index (Phi) is 14.2. The number of hydrogen-bond donors (Lipinski definition) is 0. The maximum Gasteiger partial charge on any atom is 0.410 e. The van der Waals surface area contributed by atoms with Crippen molar-refractivity contribution in [2.45, 2.75) is 88.5 Å². The van der Waals surface area contributed by atoms with Crippen LogP contribution in [0.15, 0.2) is 95.2 Å². The van der Waals surface area contributed by atoms with Gasteiger partial charge in [-0.25, -0.2) is 28.6 Å². The first-order valence-corrected chi connectivity index (χ1v) is 24.4. The minimum absolute atomic E-state index is 0.0886. The molecule has 342 valence electrons. The number of ketones is 2. The van der Waals surface area contributed by atoms with Crippen LogP contribution in [0.2, 0.25) is 0 Å². The summed E-state index contributed by atoms with van der Waals surface area (Å²) in [6.45, 7) is 13.7. The van der Waals surface area contributed by atoms with Gasteiger partial charge < -0.3 is 19.3 Å². The van der Waals surface area contributed by atoms with E-state index >= 15 is 0 Å². The zero-order valence-electron chi connectivity index (χ0n) is 38.1. The van der Waals surface area contributed by atoms with Gasteiger partial charge in [0.2, 0.25) is 0 Å². The minimum atomic E-state index is -1.32. The fourth-order valence-electron chi connectivity index (χ4n) is 7.91. The van der Waals surface area contributed by atoms with Crippen molar-refractivity contribution in [3.63, 3.8) is 0 Å². The summed E-state index contributed by atoms with van der Waals surface area (Å²) in [6.07, 6.45) is 9.13. The number of ether oxygens (including phenoxy) is 2. The topological polar surface area (TPSA) is 171 Å². The monoisotopic (exact) mass is 920 g/mol. The summed E-state index contributed by atoms with van der Waals surface area (Å²) in [5, 5.41) is 10.1. The van der Waals surface area contributed by atoms with Crippen molar-refractivity contribution < 1.29 is 32.9 Å². The van der Waals surface area contributed by atoms with Crippen LogP contribution >= 0.6 is 11.8 Å². The number of fused-ring (bicyclic) bond motifs is 2. The molecule has 0 radical (unpaired) electrons. The molecule has 3 atom stereocenters. The minimum Gasteiger partial charge on any atom is -0.444 e. The van der Waals surface area contributed by atoms with Crippen LogP contribution in [0.1, 0.15) is 97.6 Å². The first-order chi connectivity index (χ1) is 30.9. The van der Waals surface area contributed by atoms with Gasteiger partial charge in [0.15, 0.2) is 22.9 Å². The smallest absolute Gasteiger partial charge is 0.410 e. The highest BCUT2D eigenvalue weighted by Crippen LogP contribution is 2.28. The first-order valence-electron chi connectivity index (χ1n) is 21.7. The molecule has 65 heavy (non-hydrogen) atoms. The molecule has 0 bridgehead atoms. The van der Waals surface area contributed by atoms with Crippen LogP contribution in [0.3, 0.4) is 0 Å². The van der Waals surface area contributed by atoms with Crippen LogP contribution in [0, 0.1) is 11.8 Å². The highest BCUT2D eigenvalue weighted by atomic mass is 32.2. The Hall–Kier alpha value is -5.94. The van der Waals surface area contributed by atoms with Crippen LogP contribution in [-0.4, -0.2) is 117 Å². The summed E-state index contributed by atoms with van der Waals surface area (Å²) in [7, 11) is -1.32. The molecule has 17 heteroatoms. The maximum absolute atomic E-state index is 13.1. The summed E-state index contributed by atoms with van der Waals surface area (Å²) < 4.78 is 26.6. The van der Waals surface area contributed by atoms with Crippen molar-refractivity contribution in [1.82, 2.24) is 39.0 Å². The molecule has 0 saturated carbocycles. The molecule has 0 spiro atoms. The van der Waals surface area contributed by atoms with Gasteiger partial charge in [0.25, 0.3) is 0 Å². The summed E-state index contributed by atoms with van der Waals surface area (Å²) >= 11 is 1.57. The van der Waals surface area contributed by atoms with E-state index in [1.165, 1.54) is 10.7 Å². The number of nitrogens with zero attached hydrogens (tertiary/aromatic N) is 8. The maximum atomic E-state index is 13.1. The number of aromatic nitrogens is 6. The van der Waals surface area contributed by atoms with Crippen molar-refractivity contribution in [2.24, 2.45) is 11.8 Å². The van der Waals surface area contributed by atoms with Crippen LogP contribution in [0.5, 0.6) is 0 Å². The molecule has 2 fully saturated rings. The number of amides is 2. The van der Waals surface area contributed by atoms with Gasteiger partial charge in [-0.1, -0.05) is 60.7 Å². The number of rotatable bonds is 10. The number of benzene rings is 2. The van der Waals surface area contributed by atoms with Gasteiger partial charge in [0.1, 0.15) is 21.3 Å². The highest BCUT2D eigenvalue weighted by Gasteiger charge is 2.32. The zero-order chi connectivity index (χ0) is 46.6. The molecule has 2 saturated heterocycles. The van der Waals surface area contributed by atoms with Crippen LogP contribution in [-0.2, 0) is 33.1 Å². The Morgan fingerprint density at radius 3 is 1.54 bits per heavy atom. The SMILES string of the molecule is CS(=O)c1cc(C[C@H]2CCN(C(=O)OC(C)(C)C)C2)nc2c(C(=O)c3ccccc3)cnn12.CSc1cc(C[C@H]2CCN(C(=O)OC(C)(C)C)C2)nc2c(C(=O)c3ccccc3)cnn12. The van der Waals surface area contributed by atoms with Gasteiger partial charge in [0, 0.05) is 54.9 Å². The van der Waals surface area contributed by atoms with Crippen LogP contribution in [0.25, 0.3) is 11.3 Å². The van der Waals surface area contributed by atoms with E-state index in [0.717, 1.165) is 35.7 Å². The molecule has 6 heterocycles. The van der Waals surface area contributed by atoms with Crippen molar-refractivity contribution in [2.75, 3.05) is 38.7 Å². The van der Waals surface area contributed by atoms with Gasteiger partial charge in [0.05, 0.1) is 34.3 Å². The zero-order valence-corrected chi connectivity index (χ0v) is 39.8. The molecular weight excluding hydrogens is 865 g/mol. The van der Waals surface area contributed by atoms with E-state index in [-0.39, 0.29) is 29.7 Å². The second-order valence-corrected chi connectivity index (χ2v) is 20.5. The third-order valence-electron chi connectivity index (χ3n) is 10.9. The first kappa shape index (κ1) is 47.0. The standard InChI is InChI=1S/C24H28N4O4S.C24H28N4O3S/c1-24(2,3)32-23(30)27-11-10-16(15-27)12-18-13-20(33(4)31)28-22(26-18)19(14-25-28)21(29)17-8-6-5-7-9-17;1-24(2,3)31-23(30)27-11-10-16(15-27)12-18-13-20(32-4)28-22(26-18)19(14-25-28)21(29)17-8-6-5-7-9-17/h5-9,13-14,16H,10-12,15H2,1-4H3;5-9,13-14,16H,10-12,15H2,1-4H3/t16-,33?;16-/m11/s1. The third kappa shape index (κ3) is 11.5. The molecule has 1 unspecified atom stereocenters. The molecule has 15 nitrogen and oxygen atoms in total. The van der Waals surface area contributed by atoms with E-state index in [1.807, 2.05) is 78.1 Å². The molecule has 0 aliphatic carbocycles. The van der Waals surface area contributed by atoms with E-state index in [2.05, 4.69) is 10.2 Å². The second-order valence-electron chi connectivity index (χ2n) is 18.4. The lowest BCUT2D eigenvalue weighted by atomic mass is 10.0. The molecular formula is C48H56N8O7S2. The largest absolute Gasteiger partial charge is 0.444 e. The summed E-state index contributed by atoms with van der Waals surface area (Å²) in [4.78, 5) is 63.9. The molecule has 0 N–H and O–H groups in total. The predicted molar refractivity (Wildman–Crippen MR) is 249 cm³/mol. The fourth-order valence-corrected chi connectivity index (χ4v) is 9.15. The van der Waals surface area contributed by atoms with Crippen molar-refractivity contribution in [3.05, 3.63) is 119 Å². The average molecular weight is 921 g/mol. The van der Waals surface area contributed by atoms with E-state index in [9.17, 15) is 23.4 Å². The Morgan fingerprint density at radius 2 is 1.11 bits per heavy atom. The molecule has 6 aromatic rings. The van der Waals surface area contributed by atoms with E-state index < -0.39 is 22.0 Å². The number of carbonyl (C=O) groups excluding carboxylic acids is 4. The van der Waals surface area contributed by atoms with Crippen LogP contribution in [0.4, 0.5) is 9.59 Å². The van der Waals surface area contributed by atoms with E-state index in [4.69, 9.17) is 19.4 Å². The lowest BCUT2D eigenvalue weighted by Crippen LogP contribution is -2.35. The third-order valence-corrected chi connectivity index (χ3v) is 12.5. The van der Waals surface area contributed by atoms with Gasteiger partial charge in [-0.2, -0.15) is 10.2 Å². The normalized spacial score (nSPS) is 16.9. The molecule has 2 aliphatic heterocycles. The Labute approximate surface area is 385 Å². The molecule has 4 aromatic heterocycles. The van der Waals surface area contributed by atoms with Gasteiger partial charge in [-0.15, -0.1) is 11.8 Å². The van der Waals surface area contributed by atoms with E-state index in [0.29, 0.717) is 77.1 Å². The number of carbonyl (C=O) groups is 4. The van der Waals surface area contributed by atoms with E-state index in [1.54, 1.807) is 81.0 Å².